The maximum absolute atomic E-state index is 13.0. The summed E-state index contributed by atoms with van der Waals surface area (Å²) in [4.78, 5) is 37.6. The van der Waals surface area contributed by atoms with E-state index in [1.165, 1.54) is 186 Å². The summed E-state index contributed by atoms with van der Waals surface area (Å²) in [6.07, 6.45) is 89.5. The van der Waals surface area contributed by atoms with Gasteiger partial charge in [-0.05, 0) is 77.0 Å². The van der Waals surface area contributed by atoms with Crippen LogP contribution >= 0.6 is 0 Å². The Morgan fingerprint density at radius 2 is 0.663 bits per heavy atom. The van der Waals surface area contributed by atoms with Gasteiger partial charge in [0.05, 0.1) is 34.4 Å². The molecule has 0 heterocycles. The number of hydrogen-bond acceptors (Lipinski definition) is 7. The van der Waals surface area contributed by atoms with Crippen molar-refractivity contribution in [3.63, 3.8) is 0 Å². The molecule has 1 N–H and O–H groups in total. The highest BCUT2D eigenvalue weighted by Gasteiger charge is 2.25. The molecule has 9 heteroatoms. The molecule has 0 bridgehead atoms. The van der Waals surface area contributed by atoms with E-state index in [4.69, 9.17) is 18.9 Å². The Balaban J connectivity index is 4.13. The molecule has 0 aromatic heterocycles. The summed E-state index contributed by atoms with van der Waals surface area (Å²) in [5, 5.41) is 9.75. The van der Waals surface area contributed by atoms with Crippen molar-refractivity contribution in [1.29, 1.82) is 0 Å². The van der Waals surface area contributed by atoms with Crippen LogP contribution in [0.4, 0.5) is 0 Å². The van der Waals surface area contributed by atoms with E-state index < -0.39 is 24.3 Å². The number of quaternary nitrogens is 1. The normalized spacial score (nSPS) is 13.3. The van der Waals surface area contributed by atoms with E-state index in [0.717, 1.165) is 96.3 Å². The summed E-state index contributed by atoms with van der Waals surface area (Å²) in [7, 11) is 5.98. The average Bonchev–Trinajstić information content (AvgIpc) is 3.64. The van der Waals surface area contributed by atoms with Gasteiger partial charge in [-0.15, -0.1) is 0 Å². The number of nitrogens with zero attached hydrogens (tertiary/aromatic N) is 1. The van der Waals surface area contributed by atoms with Crippen molar-refractivity contribution in [2.75, 3.05) is 47.5 Å². The van der Waals surface area contributed by atoms with Gasteiger partial charge in [-0.2, -0.15) is 0 Å². The van der Waals surface area contributed by atoms with Gasteiger partial charge in [0.2, 0.25) is 0 Å². The van der Waals surface area contributed by atoms with Gasteiger partial charge >= 0.3 is 17.9 Å². The van der Waals surface area contributed by atoms with Crippen LogP contribution in [0.15, 0.2) is 97.2 Å². The maximum atomic E-state index is 13.0. The zero-order chi connectivity index (χ0) is 62.6. The van der Waals surface area contributed by atoms with E-state index in [1.54, 1.807) is 0 Å². The van der Waals surface area contributed by atoms with Gasteiger partial charge in [0.25, 0.3) is 6.29 Å². The molecule has 2 atom stereocenters. The van der Waals surface area contributed by atoms with Crippen molar-refractivity contribution in [3.05, 3.63) is 97.2 Å². The highest BCUT2D eigenvalue weighted by molar-refractivity contribution is 5.71. The first-order chi connectivity index (χ1) is 42.1. The van der Waals surface area contributed by atoms with Crippen LogP contribution in [0.3, 0.4) is 0 Å². The minimum absolute atomic E-state index is 0.184. The lowest BCUT2D eigenvalue weighted by Gasteiger charge is -2.25. The zero-order valence-corrected chi connectivity index (χ0v) is 56.7. The summed E-state index contributed by atoms with van der Waals surface area (Å²) < 4.78 is 23.0. The number of esters is 2. The van der Waals surface area contributed by atoms with Crippen molar-refractivity contribution in [3.8, 4) is 0 Å². The van der Waals surface area contributed by atoms with E-state index >= 15 is 0 Å². The lowest BCUT2D eigenvalue weighted by atomic mass is 10.0. The topological polar surface area (TPSA) is 108 Å². The second kappa shape index (κ2) is 67.1. The Morgan fingerprint density at radius 3 is 0.988 bits per heavy atom. The number of unbranched alkanes of at least 4 members (excludes halogenated alkanes) is 35. The fourth-order valence-corrected chi connectivity index (χ4v) is 10.2. The molecule has 0 aliphatic rings. The molecule has 0 rings (SSSR count). The van der Waals surface area contributed by atoms with E-state index in [0.29, 0.717) is 23.9 Å². The third-order valence-corrected chi connectivity index (χ3v) is 15.6. The molecular weight excluding hydrogens is 1070 g/mol. The first-order valence-electron chi connectivity index (χ1n) is 35.9. The summed E-state index contributed by atoms with van der Waals surface area (Å²) in [5.74, 6) is -2.00. The standard InChI is InChI=1S/C77H135NO8/c1-6-8-10-12-14-16-18-20-22-24-26-28-30-32-34-35-36-37-38-39-40-41-42-44-46-48-50-52-54-56-58-60-62-64-66-68-75(80)86-73(72-85-77(76(81)82)83-70-69-78(3,4)5)71-84-74(79)67-65-63-61-59-57-55-53-51-49-47-45-43-33-31-29-27-25-23-21-19-17-15-13-11-9-7-2/h8,10,14,16,20,22,26,28,32,34,36-37,39-40,42,44,73,77H,6-7,9,11-13,15,17-19,21,23-25,27,29-31,33,35,38,41,43,45-72H2,1-5H3/p+1/b10-8-,16-14-,22-20-,28-26-,34-32-,37-36-,40-39-,44-42-. The molecule has 86 heavy (non-hydrogen) atoms. The molecule has 0 saturated heterocycles. The first-order valence-corrected chi connectivity index (χ1v) is 35.9. The number of carbonyl (C=O) groups excluding carboxylic acids is 2. The van der Waals surface area contributed by atoms with Crippen LogP contribution in [0.25, 0.3) is 0 Å². The number of likely N-dealkylation sites (N-methyl/N-ethyl adjacent to an activating group) is 1. The quantitative estimate of drug-likeness (QED) is 0.0211. The molecule has 0 amide bonds. The van der Waals surface area contributed by atoms with Crippen LogP contribution in [0, 0.1) is 0 Å². The van der Waals surface area contributed by atoms with E-state index in [9.17, 15) is 19.5 Å². The fraction of sp³-hybridized carbons (Fsp3) is 0.753. The van der Waals surface area contributed by atoms with E-state index in [1.807, 2.05) is 21.1 Å². The summed E-state index contributed by atoms with van der Waals surface area (Å²) in [5.41, 5.74) is 0. The van der Waals surface area contributed by atoms with Crippen molar-refractivity contribution in [2.24, 2.45) is 0 Å². The molecule has 0 saturated carbocycles. The number of rotatable bonds is 66. The van der Waals surface area contributed by atoms with Gasteiger partial charge in [0.1, 0.15) is 13.2 Å². The minimum Gasteiger partial charge on any atom is -0.477 e. The fourth-order valence-electron chi connectivity index (χ4n) is 10.2. The molecule has 0 radical (unpaired) electrons. The Hall–Kier alpha value is -3.79. The molecule has 0 spiro atoms. The Morgan fingerprint density at radius 1 is 0.360 bits per heavy atom. The highest BCUT2D eigenvalue weighted by atomic mass is 16.7. The maximum Gasteiger partial charge on any atom is 0.361 e. The Kier molecular flexibility index (Phi) is 64.2. The number of carboxylic acids is 1. The van der Waals surface area contributed by atoms with Crippen molar-refractivity contribution >= 4 is 17.9 Å². The first kappa shape index (κ1) is 82.2. The van der Waals surface area contributed by atoms with Crippen molar-refractivity contribution in [2.45, 2.75) is 328 Å². The van der Waals surface area contributed by atoms with Crippen LogP contribution in [0.5, 0.6) is 0 Å². The number of allylic oxidation sites excluding steroid dienone is 16. The van der Waals surface area contributed by atoms with Crippen molar-refractivity contribution < 1.29 is 42.9 Å². The predicted octanol–water partition coefficient (Wildman–Crippen LogP) is 22.4. The van der Waals surface area contributed by atoms with Crippen LogP contribution in [-0.4, -0.2) is 87.4 Å². The molecule has 0 aliphatic carbocycles. The minimum atomic E-state index is -1.52. The largest absolute Gasteiger partial charge is 0.477 e. The van der Waals surface area contributed by atoms with Gasteiger partial charge in [-0.25, -0.2) is 4.79 Å². The van der Waals surface area contributed by atoms with Crippen LogP contribution in [0.2, 0.25) is 0 Å². The number of carboxylic acid groups (broad SMARTS) is 1. The summed E-state index contributed by atoms with van der Waals surface area (Å²) >= 11 is 0. The molecule has 9 nitrogen and oxygen atoms in total. The van der Waals surface area contributed by atoms with Crippen molar-refractivity contribution in [1.82, 2.24) is 0 Å². The van der Waals surface area contributed by atoms with Gasteiger partial charge < -0.3 is 28.5 Å². The summed E-state index contributed by atoms with van der Waals surface area (Å²) in [6, 6.07) is 0. The van der Waals surface area contributed by atoms with E-state index in [-0.39, 0.29) is 32.2 Å². The monoisotopic (exact) mass is 1200 g/mol. The Labute approximate surface area is 531 Å². The zero-order valence-electron chi connectivity index (χ0n) is 56.7. The number of hydrogen-bond donors (Lipinski definition) is 1. The molecule has 496 valence electrons. The molecule has 0 aliphatic heterocycles. The van der Waals surface area contributed by atoms with Gasteiger partial charge in [-0.3, -0.25) is 9.59 Å². The molecule has 2 unspecified atom stereocenters. The third-order valence-electron chi connectivity index (χ3n) is 15.6. The third kappa shape index (κ3) is 67.7. The predicted molar refractivity (Wildman–Crippen MR) is 369 cm³/mol. The number of ether oxygens (including phenoxy) is 4. The van der Waals surface area contributed by atoms with Crippen LogP contribution in [-0.2, 0) is 33.3 Å². The second-order valence-electron chi connectivity index (χ2n) is 25.2. The number of aliphatic carboxylic acids is 1. The lowest BCUT2D eigenvalue weighted by molar-refractivity contribution is -0.870. The summed E-state index contributed by atoms with van der Waals surface area (Å²) in [6.45, 7) is 4.80. The number of carbonyl (C=O) groups is 3. The Bertz CT molecular complexity index is 1730. The van der Waals surface area contributed by atoms with Crippen LogP contribution < -0.4 is 0 Å². The van der Waals surface area contributed by atoms with Gasteiger partial charge in [0, 0.05) is 12.8 Å². The molecule has 0 aromatic rings. The second-order valence-corrected chi connectivity index (χ2v) is 25.2. The van der Waals surface area contributed by atoms with Gasteiger partial charge in [0.15, 0.2) is 6.10 Å². The lowest BCUT2D eigenvalue weighted by Crippen LogP contribution is -2.40. The van der Waals surface area contributed by atoms with Gasteiger partial charge in [-0.1, -0.05) is 323 Å². The highest BCUT2D eigenvalue weighted by Crippen LogP contribution is 2.18. The average molecular weight is 1200 g/mol. The smallest absolute Gasteiger partial charge is 0.361 e. The molecule has 0 aromatic carbocycles. The van der Waals surface area contributed by atoms with E-state index in [2.05, 4.69) is 111 Å². The van der Waals surface area contributed by atoms with Crippen LogP contribution in [0.1, 0.15) is 316 Å². The molecule has 0 fully saturated rings. The SMILES string of the molecule is CC/C=C\C/C=C\C/C=C\C/C=C\C/C=C\C/C=C\C/C=C\C/C=C\CCCCCCCCCCCCC(=O)OC(COC(=O)CCCCCCCCCCCCCCCCCCCCCCCCCCCC)COC(OCC[N+](C)(C)C)C(=O)O. The molecular formula is C77H136NO8+.